The van der Waals surface area contributed by atoms with Crippen LogP contribution in [0.3, 0.4) is 0 Å². The molecule has 0 radical (unpaired) electrons. The van der Waals surface area contributed by atoms with Crippen molar-refractivity contribution in [3.8, 4) is 11.5 Å². The zero-order chi connectivity index (χ0) is 16.9. The van der Waals surface area contributed by atoms with Gasteiger partial charge in [-0.3, -0.25) is 4.79 Å². The second-order valence-electron chi connectivity index (χ2n) is 6.38. The number of para-hydroxylation sites is 2. The van der Waals surface area contributed by atoms with Crippen LogP contribution in [0.4, 0.5) is 0 Å². The smallest absolute Gasteiger partial charge is 0.319 e. The summed E-state index contributed by atoms with van der Waals surface area (Å²) in [6.07, 6.45) is 5.26. The van der Waals surface area contributed by atoms with Gasteiger partial charge in [0.2, 0.25) is 0 Å². The Hall–Kier alpha value is -1.71. The van der Waals surface area contributed by atoms with E-state index in [0.717, 1.165) is 25.7 Å². The fraction of sp³-hybridized carbons (Fsp3) is 0.632. The minimum Gasteiger partial charge on any atom is -0.468 e. The molecule has 1 aliphatic rings. The van der Waals surface area contributed by atoms with Gasteiger partial charge in [-0.1, -0.05) is 51.7 Å². The Balaban J connectivity index is 2.41. The first-order valence-electron chi connectivity index (χ1n) is 8.58. The van der Waals surface area contributed by atoms with Crippen LogP contribution in [0.2, 0.25) is 0 Å². The second kappa shape index (κ2) is 7.24. The predicted molar refractivity (Wildman–Crippen MR) is 89.6 cm³/mol. The molecule has 4 heteroatoms. The van der Waals surface area contributed by atoms with Gasteiger partial charge in [0.05, 0.1) is 7.11 Å². The number of ether oxygens (including phenoxy) is 3. The molecule has 0 spiro atoms. The number of fused-ring (bicyclic) bond motifs is 1. The topological polar surface area (TPSA) is 44.8 Å². The van der Waals surface area contributed by atoms with Gasteiger partial charge < -0.3 is 14.2 Å². The molecule has 128 valence electrons. The maximum atomic E-state index is 12.8. The summed E-state index contributed by atoms with van der Waals surface area (Å²) in [6.45, 7) is 6.11. The molecule has 0 fully saturated rings. The number of esters is 1. The van der Waals surface area contributed by atoms with E-state index in [1.165, 1.54) is 7.11 Å². The average molecular weight is 320 g/mol. The lowest BCUT2D eigenvalue weighted by molar-refractivity contribution is -0.202. The highest BCUT2D eigenvalue weighted by molar-refractivity contribution is 5.78. The van der Waals surface area contributed by atoms with Gasteiger partial charge in [-0.2, -0.15) is 0 Å². The summed E-state index contributed by atoms with van der Waals surface area (Å²) in [5.41, 5.74) is -0.799. The summed E-state index contributed by atoms with van der Waals surface area (Å²) in [6, 6.07) is 7.57. The number of unbranched alkanes of at least 4 members (excludes halogenated alkanes) is 2. The van der Waals surface area contributed by atoms with Crippen LogP contribution in [0.15, 0.2) is 24.3 Å². The molecule has 0 bridgehead atoms. The number of methoxy groups -OCH3 is 1. The molecule has 1 aromatic rings. The molecule has 1 heterocycles. The molecule has 23 heavy (non-hydrogen) atoms. The molecule has 1 aromatic carbocycles. The number of carbonyl (C=O) groups excluding carboxylic acids is 1. The standard InChI is InChI=1S/C19H28O4/c1-5-7-13-19(14-8-6-2,17(20)21-4)18(3)22-15-11-9-10-12-16(15)23-18/h9-12H,5-8,13-14H2,1-4H3. The van der Waals surface area contributed by atoms with Crippen molar-refractivity contribution in [3.05, 3.63) is 24.3 Å². The summed E-state index contributed by atoms with van der Waals surface area (Å²) in [5, 5.41) is 0. The quantitative estimate of drug-likeness (QED) is 0.650. The highest BCUT2D eigenvalue weighted by Crippen LogP contribution is 2.51. The van der Waals surface area contributed by atoms with Crippen molar-refractivity contribution < 1.29 is 19.0 Å². The SMILES string of the molecule is CCCCC(CCCC)(C(=O)OC)C1(C)Oc2ccccc2O1. The van der Waals surface area contributed by atoms with E-state index in [2.05, 4.69) is 13.8 Å². The fourth-order valence-corrected chi connectivity index (χ4v) is 3.38. The highest BCUT2D eigenvalue weighted by atomic mass is 16.7. The van der Waals surface area contributed by atoms with Crippen LogP contribution >= 0.6 is 0 Å². The molecule has 4 nitrogen and oxygen atoms in total. The lowest BCUT2D eigenvalue weighted by Gasteiger charge is -2.42. The first kappa shape index (κ1) is 17.6. The van der Waals surface area contributed by atoms with Gasteiger partial charge in [0.15, 0.2) is 11.5 Å². The van der Waals surface area contributed by atoms with Crippen molar-refractivity contribution in [3.63, 3.8) is 0 Å². The average Bonchev–Trinajstić information content (AvgIpc) is 2.92. The summed E-state index contributed by atoms with van der Waals surface area (Å²) < 4.78 is 17.5. The van der Waals surface area contributed by atoms with Gasteiger partial charge in [-0.15, -0.1) is 0 Å². The molecule has 0 aromatic heterocycles. The van der Waals surface area contributed by atoms with Crippen LogP contribution in [-0.2, 0) is 9.53 Å². The van der Waals surface area contributed by atoms with Crippen LogP contribution in [0.25, 0.3) is 0 Å². The van der Waals surface area contributed by atoms with Crippen molar-refractivity contribution in [2.75, 3.05) is 7.11 Å². The van der Waals surface area contributed by atoms with E-state index >= 15 is 0 Å². The molecule has 1 aliphatic heterocycles. The Morgan fingerprint density at radius 1 is 1.09 bits per heavy atom. The van der Waals surface area contributed by atoms with E-state index in [4.69, 9.17) is 14.2 Å². The van der Waals surface area contributed by atoms with Crippen molar-refractivity contribution in [1.29, 1.82) is 0 Å². The normalized spacial score (nSPS) is 15.5. The number of hydrogen-bond donors (Lipinski definition) is 0. The van der Waals surface area contributed by atoms with Crippen LogP contribution < -0.4 is 9.47 Å². The number of hydrogen-bond acceptors (Lipinski definition) is 4. The monoisotopic (exact) mass is 320 g/mol. The van der Waals surface area contributed by atoms with Gasteiger partial charge in [0, 0.05) is 6.92 Å². The fourth-order valence-electron chi connectivity index (χ4n) is 3.38. The van der Waals surface area contributed by atoms with E-state index in [1.54, 1.807) is 0 Å². The van der Waals surface area contributed by atoms with Crippen LogP contribution in [0.1, 0.15) is 59.3 Å². The van der Waals surface area contributed by atoms with Crippen LogP contribution in [-0.4, -0.2) is 18.9 Å². The molecule has 0 amide bonds. The Labute approximate surface area is 139 Å². The van der Waals surface area contributed by atoms with E-state index in [1.807, 2.05) is 31.2 Å². The first-order valence-corrected chi connectivity index (χ1v) is 8.58. The lowest BCUT2D eigenvalue weighted by atomic mass is 9.71. The Morgan fingerprint density at radius 3 is 1.96 bits per heavy atom. The van der Waals surface area contributed by atoms with Gasteiger partial charge in [0.1, 0.15) is 5.41 Å². The molecule has 2 rings (SSSR count). The molecule has 0 atom stereocenters. The Bertz CT molecular complexity index is 505. The maximum absolute atomic E-state index is 12.8. The number of benzene rings is 1. The second-order valence-corrected chi connectivity index (χ2v) is 6.38. The van der Waals surface area contributed by atoms with Crippen LogP contribution in [0, 0.1) is 5.41 Å². The minimum absolute atomic E-state index is 0.241. The third-order valence-corrected chi connectivity index (χ3v) is 4.82. The summed E-state index contributed by atoms with van der Waals surface area (Å²) in [4.78, 5) is 12.8. The van der Waals surface area contributed by atoms with E-state index in [-0.39, 0.29) is 5.97 Å². The summed E-state index contributed by atoms with van der Waals surface area (Å²) in [5.74, 6) is 0.107. The van der Waals surface area contributed by atoms with Crippen LogP contribution in [0.5, 0.6) is 11.5 Å². The molecular weight excluding hydrogens is 292 g/mol. The van der Waals surface area contributed by atoms with Crippen molar-refractivity contribution >= 4 is 5.97 Å². The first-order chi connectivity index (χ1) is 11.0. The Morgan fingerprint density at radius 2 is 1.57 bits per heavy atom. The van der Waals surface area contributed by atoms with Crippen molar-refractivity contribution in [2.45, 2.75) is 65.1 Å². The number of carbonyl (C=O) groups is 1. The number of rotatable bonds is 8. The van der Waals surface area contributed by atoms with Crippen molar-refractivity contribution in [2.24, 2.45) is 5.41 Å². The zero-order valence-electron chi connectivity index (χ0n) is 14.7. The van der Waals surface area contributed by atoms with E-state index in [0.29, 0.717) is 24.3 Å². The van der Waals surface area contributed by atoms with E-state index in [9.17, 15) is 4.79 Å². The molecule has 0 aliphatic carbocycles. The summed E-state index contributed by atoms with van der Waals surface area (Å²) >= 11 is 0. The lowest BCUT2D eigenvalue weighted by Crippen LogP contribution is -2.57. The third kappa shape index (κ3) is 3.17. The third-order valence-electron chi connectivity index (χ3n) is 4.82. The van der Waals surface area contributed by atoms with Gasteiger partial charge in [0.25, 0.3) is 5.79 Å². The largest absolute Gasteiger partial charge is 0.468 e. The van der Waals surface area contributed by atoms with Gasteiger partial charge in [-0.25, -0.2) is 0 Å². The molecular formula is C19H28O4. The zero-order valence-corrected chi connectivity index (χ0v) is 14.7. The Kier molecular flexibility index (Phi) is 5.55. The molecule has 0 unspecified atom stereocenters. The van der Waals surface area contributed by atoms with Crippen molar-refractivity contribution in [1.82, 2.24) is 0 Å². The minimum atomic E-state index is -1.03. The summed E-state index contributed by atoms with van der Waals surface area (Å²) in [7, 11) is 1.44. The molecule has 0 saturated carbocycles. The molecule has 0 saturated heterocycles. The van der Waals surface area contributed by atoms with Gasteiger partial charge >= 0.3 is 5.97 Å². The predicted octanol–water partition coefficient (Wildman–Crippen LogP) is 4.71. The highest BCUT2D eigenvalue weighted by Gasteiger charge is 2.60. The molecule has 0 N–H and O–H groups in total. The maximum Gasteiger partial charge on any atom is 0.319 e. The van der Waals surface area contributed by atoms with E-state index < -0.39 is 11.2 Å². The van der Waals surface area contributed by atoms with Gasteiger partial charge in [-0.05, 0) is 25.0 Å².